The number of benzene rings is 1. The van der Waals surface area contributed by atoms with E-state index in [0.717, 1.165) is 35.8 Å². The van der Waals surface area contributed by atoms with Gasteiger partial charge in [-0.25, -0.2) is 0 Å². The van der Waals surface area contributed by atoms with E-state index in [1.165, 1.54) is 12.8 Å². The molecule has 1 saturated heterocycles. The summed E-state index contributed by atoms with van der Waals surface area (Å²) in [5, 5.41) is 4.74. The molecule has 1 unspecified atom stereocenters. The first-order chi connectivity index (χ1) is 10.1. The number of halogens is 1. The zero-order valence-corrected chi connectivity index (χ0v) is 12.8. The van der Waals surface area contributed by atoms with Crippen LogP contribution >= 0.6 is 11.6 Å². The zero-order chi connectivity index (χ0) is 14.8. The third-order valence-corrected chi connectivity index (χ3v) is 4.26. The van der Waals surface area contributed by atoms with E-state index < -0.39 is 0 Å². The Morgan fingerprint density at radius 1 is 1.38 bits per heavy atom. The molecule has 1 atom stereocenters. The van der Waals surface area contributed by atoms with Crippen LogP contribution in [0, 0.1) is 6.92 Å². The normalized spacial score (nSPS) is 17.3. The molecule has 1 aromatic heterocycles. The van der Waals surface area contributed by atoms with Gasteiger partial charge in [-0.3, -0.25) is 0 Å². The number of rotatable bonds is 4. The lowest BCUT2D eigenvalue weighted by atomic mass is 10.1. The van der Waals surface area contributed by atoms with Gasteiger partial charge in [0.15, 0.2) is 5.82 Å². The van der Waals surface area contributed by atoms with Crippen LogP contribution in [0.4, 0.5) is 0 Å². The minimum atomic E-state index is -0.214. The maximum atomic E-state index is 6.17. The number of hydrogen-bond acceptors (Lipinski definition) is 5. The van der Waals surface area contributed by atoms with Crippen LogP contribution < -0.4 is 5.73 Å². The van der Waals surface area contributed by atoms with Crippen LogP contribution in [-0.4, -0.2) is 34.7 Å². The molecule has 0 bridgehead atoms. The van der Waals surface area contributed by atoms with Crippen LogP contribution in [0.15, 0.2) is 22.7 Å². The van der Waals surface area contributed by atoms with Crippen LogP contribution in [0.2, 0.25) is 5.02 Å². The highest BCUT2D eigenvalue weighted by molar-refractivity contribution is 6.31. The molecule has 3 rings (SSSR count). The Morgan fingerprint density at radius 3 is 2.86 bits per heavy atom. The maximum absolute atomic E-state index is 6.17. The van der Waals surface area contributed by atoms with E-state index >= 15 is 0 Å². The van der Waals surface area contributed by atoms with Crippen LogP contribution in [0.5, 0.6) is 0 Å². The number of nitrogens with two attached hydrogens (primary N) is 1. The first-order valence-corrected chi connectivity index (χ1v) is 7.59. The SMILES string of the molecule is Cc1cc(-c2nc(C(N)CN3CCCC3)no2)ccc1Cl. The van der Waals surface area contributed by atoms with E-state index in [1.54, 1.807) is 0 Å². The molecule has 21 heavy (non-hydrogen) atoms. The van der Waals surface area contributed by atoms with Crippen molar-refractivity contribution in [2.24, 2.45) is 5.73 Å². The molecule has 1 aliphatic heterocycles. The first-order valence-electron chi connectivity index (χ1n) is 7.21. The van der Waals surface area contributed by atoms with Crippen LogP contribution in [-0.2, 0) is 0 Å². The molecule has 5 nitrogen and oxygen atoms in total. The fraction of sp³-hybridized carbons (Fsp3) is 0.467. The van der Waals surface area contributed by atoms with E-state index in [1.807, 2.05) is 25.1 Å². The Balaban J connectivity index is 1.74. The summed E-state index contributed by atoms with van der Waals surface area (Å²) in [7, 11) is 0. The van der Waals surface area contributed by atoms with Gasteiger partial charge in [0.1, 0.15) is 0 Å². The molecule has 1 fully saturated rings. The average molecular weight is 307 g/mol. The number of aryl methyl sites for hydroxylation is 1. The van der Waals surface area contributed by atoms with Crippen molar-refractivity contribution in [2.75, 3.05) is 19.6 Å². The van der Waals surface area contributed by atoms with Gasteiger partial charge in [0.05, 0.1) is 6.04 Å². The standard InChI is InChI=1S/C15H19ClN4O/c1-10-8-11(4-5-12(10)16)15-18-14(19-21-15)13(17)9-20-6-2-3-7-20/h4-5,8,13H,2-3,6-7,9,17H2,1H3. The monoisotopic (exact) mass is 306 g/mol. The number of aromatic nitrogens is 2. The van der Waals surface area contributed by atoms with Gasteiger partial charge >= 0.3 is 0 Å². The largest absolute Gasteiger partial charge is 0.334 e. The van der Waals surface area contributed by atoms with E-state index in [2.05, 4.69) is 15.0 Å². The molecule has 1 aliphatic rings. The fourth-order valence-electron chi connectivity index (χ4n) is 2.61. The zero-order valence-electron chi connectivity index (χ0n) is 12.1. The summed E-state index contributed by atoms with van der Waals surface area (Å²) < 4.78 is 5.33. The van der Waals surface area contributed by atoms with Crippen LogP contribution in [0.3, 0.4) is 0 Å². The number of hydrogen-bond donors (Lipinski definition) is 1. The highest BCUT2D eigenvalue weighted by atomic mass is 35.5. The molecule has 0 aliphatic carbocycles. The molecule has 0 spiro atoms. The summed E-state index contributed by atoms with van der Waals surface area (Å²) in [6, 6.07) is 5.43. The predicted molar refractivity (Wildman–Crippen MR) is 82.1 cm³/mol. The van der Waals surface area contributed by atoms with E-state index in [9.17, 15) is 0 Å². The lowest BCUT2D eigenvalue weighted by Crippen LogP contribution is -2.30. The van der Waals surface area contributed by atoms with Gasteiger partial charge in [0.25, 0.3) is 5.89 Å². The van der Waals surface area contributed by atoms with Crippen molar-refractivity contribution in [3.63, 3.8) is 0 Å². The summed E-state index contributed by atoms with van der Waals surface area (Å²) in [5.41, 5.74) is 8.02. The molecule has 0 saturated carbocycles. The Kier molecular flexibility index (Phi) is 4.24. The second-order valence-corrected chi connectivity index (χ2v) is 5.94. The minimum absolute atomic E-state index is 0.214. The predicted octanol–water partition coefficient (Wildman–Crippen LogP) is 2.79. The van der Waals surface area contributed by atoms with Gasteiger partial charge in [-0.15, -0.1) is 0 Å². The van der Waals surface area contributed by atoms with Gasteiger partial charge in [-0.05, 0) is 56.6 Å². The molecule has 6 heteroatoms. The van der Waals surface area contributed by atoms with Gasteiger partial charge in [-0.2, -0.15) is 4.98 Å². The van der Waals surface area contributed by atoms with E-state index in [-0.39, 0.29) is 6.04 Å². The molecular formula is C15H19ClN4O. The molecular weight excluding hydrogens is 288 g/mol. The molecule has 2 heterocycles. The lowest BCUT2D eigenvalue weighted by molar-refractivity contribution is 0.306. The third kappa shape index (κ3) is 3.26. The minimum Gasteiger partial charge on any atom is -0.334 e. The number of likely N-dealkylation sites (tertiary alicyclic amines) is 1. The summed E-state index contributed by atoms with van der Waals surface area (Å²) in [6.45, 7) is 4.93. The van der Waals surface area contributed by atoms with Crippen LogP contribution in [0.1, 0.15) is 30.3 Å². The van der Waals surface area contributed by atoms with Crippen LogP contribution in [0.25, 0.3) is 11.5 Å². The molecule has 112 valence electrons. The molecule has 0 radical (unpaired) electrons. The quantitative estimate of drug-likeness (QED) is 0.940. The highest BCUT2D eigenvalue weighted by Crippen LogP contribution is 2.24. The second-order valence-electron chi connectivity index (χ2n) is 5.54. The molecule has 0 amide bonds. The van der Waals surface area contributed by atoms with Gasteiger partial charge < -0.3 is 15.2 Å². The molecule has 1 aromatic carbocycles. The second kappa shape index (κ2) is 6.13. The Bertz CT molecular complexity index is 622. The van der Waals surface area contributed by atoms with Gasteiger partial charge in [0, 0.05) is 17.1 Å². The average Bonchev–Trinajstić information content (AvgIpc) is 3.12. The van der Waals surface area contributed by atoms with Crippen molar-refractivity contribution in [1.29, 1.82) is 0 Å². The highest BCUT2D eigenvalue weighted by Gasteiger charge is 2.20. The maximum Gasteiger partial charge on any atom is 0.257 e. The smallest absolute Gasteiger partial charge is 0.257 e. The Hall–Kier alpha value is -1.43. The Labute approximate surface area is 129 Å². The summed E-state index contributed by atoms with van der Waals surface area (Å²) in [4.78, 5) is 6.76. The van der Waals surface area contributed by atoms with Crippen molar-refractivity contribution in [2.45, 2.75) is 25.8 Å². The van der Waals surface area contributed by atoms with E-state index in [0.29, 0.717) is 11.7 Å². The lowest BCUT2D eigenvalue weighted by Gasteiger charge is -2.17. The van der Waals surface area contributed by atoms with E-state index in [4.69, 9.17) is 21.9 Å². The summed E-state index contributed by atoms with van der Waals surface area (Å²) >= 11 is 6.03. The topological polar surface area (TPSA) is 68.2 Å². The molecule has 2 N–H and O–H groups in total. The summed E-state index contributed by atoms with van der Waals surface area (Å²) in [6.07, 6.45) is 2.49. The van der Waals surface area contributed by atoms with Crippen molar-refractivity contribution >= 4 is 11.6 Å². The third-order valence-electron chi connectivity index (χ3n) is 3.83. The fourth-order valence-corrected chi connectivity index (χ4v) is 2.72. The Morgan fingerprint density at radius 2 is 2.14 bits per heavy atom. The van der Waals surface area contributed by atoms with Crippen molar-refractivity contribution in [1.82, 2.24) is 15.0 Å². The number of nitrogens with zero attached hydrogens (tertiary/aromatic N) is 3. The van der Waals surface area contributed by atoms with Crippen molar-refractivity contribution < 1.29 is 4.52 Å². The van der Waals surface area contributed by atoms with Crippen molar-refractivity contribution in [3.8, 4) is 11.5 Å². The molecule has 2 aromatic rings. The van der Waals surface area contributed by atoms with Gasteiger partial charge in [-0.1, -0.05) is 16.8 Å². The first kappa shape index (κ1) is 14.5. The van der Waals surface area contributed by atoms with Gasteiger partial charge in [0.2, 0.25) is 0 Å². The summed E-state index contributed by atoms with van der Waals surface area (Å²) in [5.74, 6) is 1.05. The van der Waals surface area contributed by atoms with Crippen molar-refractivity contribution in [3.05, 3.63) is 34.6 Å².